The number of hydrogen-bond acceptors (Lipinski definition) is 6. The highest BCUT2D eigenvalue weighted by molar-refractivity contribution is 6.21. The lowest BCUT2D eigenvalue weighted by atomic mass is 10.1. The van der Waals surface area contributed by atoms with E-state index in [2.05, 4.69) is 9.97 Å². The number of carbonyl (C=O) groups is 3. The number of nitrogens with zero attached hydrogens (tertiary/aromatic N) is 2. The van der Waals surface area contributed by atoms with Crippen LogP contribution in [-0.4, -0.2) is 32.8 Å². The minimum absolute atomic E-state index is 0.0627. The Morgan fingerprint density at radius 3 is 2.36 bits per heavy atom. The summed E-state index contributed by atoms with van der Waals surface area (Å²) < 4.78 is 0. The number of nitrogens with one attached hydrogen (secondary N) is 1. The molecule has 0 atom stereocenters. The lowest BCUT2D eigenvalue weighted by Crippen LogP contribution is -2.32. The first kappa shape index (κ1) is 14.8. The van der Waals surface area contributed by atoms with Crippen LogP contribution < -0.4 is 5.56 Å². The highest BCUT2D eigenvalue weighted by atomic mass is 16.7. The monoisotopic (exact) mass is 335 g/mol. The number of H-pyrrole nitrogens is 1. The van der Waals surface area contributed by atoms with Crippen LogP contribution in [0.3, 0.4) is 0 Å². The van der Waals surface area contributed by atoms with E-state index in [1.807, 2.05) is 0 Å². The van der Waals surface area contributed by atoms with Crippen molar-refractivity contribution in [3.8, 4) is 0 Å². The van der Waals surface area contributed by atoms with Crippen molar-refractivity contribution in [2.75, 3.05) is 0 Å². The number of hydroxylamine groups is 2. The zero-order valence-corrected chi connectivity index (χ0v) is 12.6. The third kappa shape index (κ3) is 2.36. The summed E-state index contributed by atoms with van der Waals surface area (Å²) in [5, 5.41) is 0.434. The highest BCUT2D eigenvalue weighted by Gasteiger charge is 2.38. The molecule has 0 saturated carbocycles. The van der Waals surface area contributed by atoms with Crippen LogP contribution in [0.4, 0.5) is 0 Å². The van der Waals surface area contributed by atoms with E-state index in [-0.39, 0.29) is 16.7 Å². The summed E-state index contributed by atoms with van der Waals surface area (Å²) in [6, 6.07) is 10.5. The number of fused-ring (bicyclic) bond motifs is 2. The predicted molar refractivity (Wildman–Crippen MR) is 84.7 cm³/mol. The fourth-order valence-electron chi connectivity index (χ4n) is 2.55. The van der Waals surface area contributed by atoms with Crippen LogP contribution in [0.5, 0.6) is 0 Å². The molecule has 1 aliphatic heterocycles. The molecule has 0 aliphatic carbocycles. The summed E-state index contributed by atoms with van der Waals surface area (Å²) in [5.41, 5.74) is 0.812. The molecule has 3 aromatic rings. The van der Waals surface area contributed by atoms with E-state index in [1.54, 1.807) is 12.1 Å². The van der Waals surface area contributed by atoms with Gasteiger partial charge in [-0.1, -0.05) is 17.2 Å². The van der Waals surface area contributed by atoms with Gasteiger partial charge in [-0.05, 0) is 30.3 Å². The first-order valence-corrected chi connectivity index (χ1v) is 7.24. The summed E-state index contributed by atoms with van der Waals surface area (Å²) in [6.07, 6.45) is 1.12. The Kier molecular flexibility index (Phi) is 3.17. The zero-order valence-electron chi connectivity index (χ0n) is 12.6. The molecule has 122 valence electrons. The van der Waals surface area contributed by atoms with E-state index in [9.17, 15) is 19.2 Å². The fraction of sp³-hybridized carbons (Fsp3) is 0. The molecule has 2 aromatic carbocycles. The van der Waals surface area contributed by atoms with Crippen molar-refractivity contribution in [2.24, 2.45) is 0 Å². The van der Waals surface area contributed by atoms with Gasteiger partial charge in [0.05, 0.1) is 33.9 Å². The summed E-state index contributed by atoms with van der Waals surface area (Å²) >= 11 is 0. The molecule has 0 fully saturated rings. The van der Waals surface area contributed by atoms with Crippen LogP contribution in [-0.2, 0) is 4.84 Å². The van der Waals surface area contributed by atoms with Gasteiger partial charge >= 0.3 is 5.97 Å². The lowest BCUT2D eigenvalue weighted by molar-refractivity contribution is -0.0584. The van der Waals surface area contributed by atoms with E-state index in [0.29, 0.717) is 16.1 Å². The normalized spacial score (nSPS) is 13.2. The van der Waals surface area contributed by atoms with Gasteiger partial charge in [0.1, 0.15) is 0 Å². The molecule has 0 saturated heterocycles. The van der Waals surface area contributed by atoms with Crippen molar-refractivity contribution in [3.05, 3.63) is 75.7 Å². The number of aromatic amines is 1. The molecule has 2 heterocycles. The lowest BCUT2D eigenvalue weighted by Gasteiger charge is -2.12. The number of imide groups is 1. The average Bonchev–Trinajstić information content (AvgIpc) is 2.86. The maximum atomic E-state index is 12.3. The number of aromatic nitrogens is 2. The van der Waals surface area contributed by atoms with Crippen molar-refractivity contribution in [2.45, 2.75) is 0 Å². The molecule has 8 heteroatoms. The van der Waals surface area contributed by atoms with Crippen LogP contribution in [0.2, 0.25) is 0 Å². The van der Waals surface area contributed by atoms with Gasteiger partial charge in [0.2, 0.25) is 0 Å². The van der Waals surface area contributed by atoms with Crippen molar-refractivity contribution < 1.29 is 19.2 Å². The molecule has 25 heavy (non-hydrogen) atoms. The van der Waals surface area contributed by atoms with Crippen molar-refractivity contribution in [1.29, 1.82) is 0 Å². The highest BCUT2D eigenvalue weighted by Crippen LogP contribution is 2.23. The molecule has 2 amide bonds. The second-order valence-corrected chi connectivity index (χ2v) is 5.31. The molecule has 1 aliphatic rings. The number of carbonyl (C=O) groups excluding carboxylic acids is 3. The molecule has 1 N–H and O–H groups in total. The van der Waals surface area contributed by atoms with Crippen LogP contribution in [0.1, 0.15) is 31.1 Å². The third-order valence-corrected chi connectivity index (χ3v) is 3.74. The van der Waals surface area contributed by atoms with Gasteiger partial charge < -0.3 is 9.82 Å². The number of hydrogen-bond donors (Lipinski definition) is 1. The van der Waals surface area contributed by atoms with Crippen LogP contribution in [0.15, 0.2) is 53.5 Å². The third-order valence-electron chi connectivity index (χ3n) is 3.74. The van der Waals surface area contributed by atoms with E-state index in [0.717, 1.165) is 6.20 Å². The number of amides is 2. The maximum absolute atomic E-state index is 12.3. The minimum atomic E-state index is -0.902. The SMILES string of the molecule is O=C(ON1C(=O)c2ccccc2C1=O)c1ccc2ncc(=O)[nH]c2c1. The van der Waals surface area contributed by atoms with Crippen LogP contribution >= 0.6 is 0 Å². The van der Waals surface area contributed by atoms with Gasteiger partial charge in [-0.15, -0.1) is 0 Å². The molecule has 0 unspecified atom stereocenters. The molecule has 8 nitrogen and oxygen atoms in total. The molecule has 0 radical (unpaired) electrons. The van der Waals surface area contributed by atoms with Crippen molar-refractivity contribution >= 4 is 28.8 Å². The van der Waals surface area contributed by atoms with E-state index in [4.69, 9.17) is 4.84 Å². The van der Waals surface area contributed by atoms with Crippen molar-refractivity contribution in [1.82, 2.24) is 15.0 Å². The molecule has 0 spiro atoms. The Balaban J connectivity index is 1.64. The quantitative estimate of drug-likeness (QED) is 0.707. The van der Waals surface area contributed by atoms with Gasteiger partial charge in [-0.2, -0.15) is 0 Å². The number of benzene rings is 2. The zero-order chi connectivity index (χ0) is 17.6. The van der Waals surface area contributed by atoms with Gasteiger partial charge in [0.15, 0.2) is 0 Å². The first-order valence-electron chi connectivity index (χ1n) is 7.24. The van der Waals surface area contributed by atoms with Gasteiger partial charge in [-0.3, -0.25) is 14.4 Å². The van der Waals surface area contributed by atoms with Crippen LogP contribution in [0.25, 0.3) is 11.0 Å². The number of rotatable bonds is 2. The van der Waals surface area contributed by atoms with E-state index >= 15 is 0 Å². The van der Waals surface area contributed by atoms with Gasteiger partial charge in [0.25, 0.3) is 17.4 Å². The fourth-order valence-corrected chi connectivity index (χ4v) is 2.55. The summed E-state index contributed by atoms with van der Waals surface area (Å²) in [4.78, 5) is 59.4. The Morgan fingerprint density at radius 1 is 1.00 bits per heavy atom. The van der Waals surface area contributed by atoms with Gasteiger partial charge in [0, 0.05) is 0 Å². The Labute approximate surface area is 139 Å². The second kappa shape index (κ2) is 5.38. The van der Waals surface area contributed by atoms with E-state index < -0.39 is 23.3 Å². The smallest absolute Gasteiger partial charge is 0.324 e. The second-order valence-electron chi connectivity index (χ2n) is 5.31. The molecule has 4 rings (SSSR count). The summed E-state index contributed by atoms with van der Waals surface area (Å²) in [5.74, 6) is -2.31. The topological polar surface area (TPSA) is 109 Å². The van der Waals surface area contributed by atoms with Crippen LogP contribution in [0, 0.1) is 0 Å². The standard InChI is InChI=1S/C17H9N3O5/c21-14-8-18-12-6-5-9(7-13(12)19-14)17(24)25-20-15(22)10-3-1-2-4-11(10)16(20)23/h1-8H,(H,19,21). The Morgan fingerprint density at radius 2 is 1.68 bits per heavy atom. The van der Waals surface area contributed by atoms with Crippen molar-refractivity contribution in [3.63, 3.8) is 0 Å². The first-order chi connectivity index (χ1) is 12.0. The maximum Gasteiger partial charge on any atom is 0.364 e. The molecular formula is C17H9N3O5. The minimum Gasteiger partial charge on any atom is -0.324 e. The Hall–Kier alpha value is -3.81. The summed E-state index contributed by atoms with van der Waals surface area (Å²) in [7, 11) is 0. The van der Waals surface area contributed by atoms with E-state index in [1.165, 1.54) is 30.3 Å². The van der Waals surface area contributed by atoms with Gasteiger partial charge in [-0.25, -0.2) is 9.78 Å². The average molecular weight is 335 g/mol. The molecular weight excluding hydrogens is 326 g/mol. The molecule has 0 bridgehead atoms. The Bertz CT molecular complexity index is 1080. The summed E-state index contributed by atoms with van der Waals surface area (Å²) in [6.45, 7) is 0. The largest absolute Gasteiger partial charge is 0.364 e. The molecule has 1 aromatic heterocycles. The predicted octanol–water partition coefficient (Wildman–Crippen LogP) is 1.29.